The van der Waals surface area contributed by atoms with E-state index >= 15 is 0 Å². The zero-order chi connectivity index (χ0) is 26.9. The highest BCUT2D eigenvalue weighted by Gasteiger charge is 2.31. The Morgan fingerprint density at radius 2 is 1.17 bits per heavy atom. The van der Waals surface area contributed by atoms with E-state index in [1.54, 1.807) is 26.4 Å². The molecule has 2 nitrogen and oxygen atoms in total. The molecular formula is C30H34F3IO2. The topological polar surface area (TPSA) is 18.5 Å². The van der Waals surface area contributed by atoms with E-state index < -0.39 is 11.7 Å². The van der Waals surface area contributed by atoms with E-state index in [0.29, 0.717) is 0 Å². The van der Waals surface area contributed by atoms with E-state index in [1.807, 2.05) is 12.1 Å². The van der Waals surface area contributed by atoms with Crippen molar-refractivity contribution in [2.45, 2.75) is 65.5 Å². The molecule has 0 spiro atoms. The highest BCUT2D eigenvalue weighted by Crippen LogP contribution is 2.50. The summed E-state index contributed by atoms with van der Waals surface area (Å²) in [7, 11) is 3.31. The van der Waals surface area contributed by atoms with Crippen molar-refractivity contribution in [2.24, 2.45) is 0 Å². The standard InChI is InChI=1S/C30H34F3IO2/c1-16(2)21-15-22(17(3)4)27(28-23(35-7)13-14-24(36-8)29(28)34)25(18(5)6)26(21)19-9-11-20(12-10-19)30(31,32)33/h9-18H,1-8H3. The Morgan fingerprint density at radius 3 is 1.61 bits per heavy atom. The highest BCUT2D eigenvalue weighted by molar-refractivity contribution is 14.1. The minimum absolute atomic E-state index is 0.0974. The van der Waals surface area contributed by atoms with Gasteiger partial charge in [-0.25, -0.2) is 0 Å². The van der Waals surface area contributed by atoms with Crippen LogP contribution in [0.3, 0.4) is 0 Å². The van der Waals surface area contributed by atoms with Crippen molar-refractivity contribution in [3.05, 3.63) is 68.3 Å². The maximum atomic E-state index is 13.3. The second-order valence-electron chi connectivity index (χ2n) is 9.92. The second kappa shape index (κ2) is 11.0. The molecule has 194 valence electrons. The van der Waals surface area contributed by atoms with Crippen LogP contribution in [0.5, 0.6) is 11.5 Å². The molecule has 0 saturated carbocycles. The zero-order valence-corrected chi connectivity index (χ0v) is 24.3. The molecule has 0 aromatic heterocycles. The third-order valence-electron chi connectivity index (χ3n) is 6.51. The summed E-state index contributed by atoms with van der Waals surface area (Å²) in [6.07, 6.45) is -4.38. The summed E-state index contributed by atoms with van der Waals surface area (Å²) in [5, 5.41) is 0. The van der Waals surface area contributed by atoms with Gasteiger partial charge in [0.1, 0.15) is 11.5 Å². The van der Waals surface area contributed by atoms with Crippen LogP contribution >= 0.6 is 22.6 Å². The smallest absolute Gasteiger partial charge is 0.416 e. The van der Waals surface area contributed by atoms with Crippen LogP contribution in [0.15, 0.2) is 42.5 Å². The predicted octanol–water partition coefficient (Wildman–Crippen LogP) is 10.0. The zero-order valence-electron chi connectivity index (χ0n) is 22.1. The second-order valence-corrected chi connectivity index (χ2v) is 11.0. The Kier molecular flexibility index (Phi) is 8.69. The molecule has 0 heterocycles. The number of rotatable bonds is 7. The largest absolute Gasteiger partial charge is 0.496 e. The van der Waals surface area contributed by atoms with Gasteiger partial charge in [0.2, 0.25) is 0 Å². The van der Waals surface area contributed by atoms with Gasteiger partial charge in [-0.3, -0.25) is 0 Å². The average molecular weight is 610 g/mol. The lowest BCUT2D eigenvalue weighted by Crippen LogP contribution is -2.10. The maximum Gasteiger partial charge on any atom is 0.416 e. The highest BCUT2D eigenvalue weighted by atomic mass is 127. The third kappa shape index (κ3) is 5.38. The molecule has 3 aromatic rings. The van der Waals surface area contributed by atoms with Crippen LogP contribution in [0, 0.1) is 3.57 Å². The lowest BCUT2D eigenvalue weighted by molar-refractivity contribution is -0.137. The lowest BCUT2D eigenvalue weighted by Gasteiger charge is -2.29. The Bertz CT molecular complexity index is 1230. The Balaban J connectivity index is 2.55. The van der Waals surface area contributed by atoms with Gasteiger partial charge in [0, 0.05) is 5.56 Å². The normalized spacial score (nSPS) is 12.1. The monoisotopic (exact) mass is 610 g/mol. The summed E-state index contributed by atoms with van der Waals surface area (Å²) in [5.74, 6) is 1.97. The summed E-state index contributed by atoms with van der Waals surface area (Å²) in [6, 6.07) is 11.6. The minimum Gasteiger partial charge on any atom is -0.496 e. The number of methoxy groups -OCH3 is 2. The molecule has 6 heteroatoms. The first-order chi connectivity index (χ1) is 16.8. The molecule has 0 unspecified atom stereocenters. The van der Waals surface area contributed by atoms with Crippen molar-refractivity contribution in [1.29, 1.82) is 0 Å². The van der Waals surface area contributed by atoms with Gasteiger partial charge in [-0.05, 0) is 98.0 Å². The van der Waals surface area contributed by atoms with Crippen LogP contribution in [0.25, 0.3) is 22.3 Å². The summed E-state index contributed by atoms with van der Waals surface area (Å²) in [4.78, 5) is 0. The van der Waals surface area contributed by atoms with Crippen molar-refractivity contribution in [1.82, 2.24) is 0 Å². The number of ether oxygens (including phenoxy) is 2. The van der Waals surface area contributed by atoms with E-state index in [9.17, 15) is 13.2 Å². The van der Waals surface area contributed by atoms with Crippen LogP contribution in [-0.2, 0) is 6.18 Å². The van der Waals surface area contributed by atoms with Crippen molar-refractivity contribution >= 4 is 22.6 Å². The van der Waals surface area contributed by atoms with Gasteiger partial charge in [-0.15, -0.1) is 0 Å². The first-order valence-electron chi connectivity index (χ1n) is 12.1. The van der Waals surface area contributed by atoms with Gasteiger partial charge in [0.25, 0.3) is 0 Å². The Hall–Kier alpha value is -2.22. The molecule has 0 atom stereocenters. The average Bonchev–Trinajstić information content (AvgIpc) is 2.81. The van der Waals surface area contributed by atoms with Crippen LogP contribution in [-0.4, -0.2) is 14.2 Å². The molecule has 0 radical (unpaired) electrons. The van der Waals surface area contributed by atoms with Crippen LogP contribution in [0.4, 0.5) is 13.2 Å². The van der Waals surface area contributed by atoms with E-state index in [0.717, 1.165) is 48.4 Å². The van der Waals surface area contributed by atoms with Gasteiger partial charge >= 0.3 is 6.18 Å². The van der Waals surface area contributed by atoms with Gasteiger partial charge in [0.15, 0.2) is 0 Å². The van der Waals surface area contributed by atoms with E-state index in [4.69, 9.17) is 9.47 Å². The van der Waals surface area contributed by atoms with Crippen LogP contribution in [0.1, 0.15) is 81.5 Å². The van der Waals surface area contributed by atoms with Crippen LogP contribution in [0.2, 0.25) is 0 Å². The SMILES string of the molecule is COc1ccc(OC)c(-c2c(C(C)C)cc(C(C)C)c(-c3ccc(C(F)(F)F)cc3)c2C(C)C)c1I. The Morgan fingerprint density at radius 1 is 0.667 bits per heavy atom. The molecule has 0 aliphatic carbocycles. The number of benzene rings is 3. The fourth-order valence-electron chi connectivity index (χ4n) is 4.76. The fraction of sp³-hybridized carbons (Fsp3) is 0.400. The first kappa shape index (κ1) is 28.4. The molecule has 0 N–H and O–H groups in total. The van der Waals surface area contributed by atoms with E-state index in [1.165, 1.54) is 17.7 Å². The van der Waals surface area contributed by atoms with Gasteiger partial charge < -0.3 is 9.47 Å². The Labute approximate surface area is 226 Å². The number of halogens is 4. The van der Waals surface area contributed by atoms with E-state index in [2.05, 4.69) is 70.2 Å². The molecule has 0 bridgehead atoms. The van der Waals surface area contributed by atoms with Crippen molar-refractivity contribution in [3.8, 4) is 33.8 Å². The maximum absolute atomic E-state index is 13.3. The fourth-order valence-corrected chi connectivity index (χ4v) is 5.70. The molecule has 36 heavy (non-hydrogen) atoms. The summed E-state index contributed by atoms with van der Waals surface area (Å²) in [6.45, 7) is 12.9. The molecule has 3 aromatic carbocycles. The van der Waals surface area contributed by atoms with Crippen molar-refractivity contribution in [2.75, 3.05) is 14.2 Å². The van der Waals surface area contributed by atoms with Gasteiger partial charge in [-0.2, -0.15) is 13.2 Å². The van der Waals surface area contributed by atoms with Crippen LogP contribution < -0.4 is 9.47 Å². The lowest BCUT2D eigenvalue weighted by atomic mass is 9.76. The minimum atomic E-state index is -4.38. The number of hydrogen-bond acceptors (Lipinski definition) is 2. The van der Waals surface area contributed by atoms with Gasteiger partial charge in [0.05, 0.1) is 23.4 Å². The molecular weight excluding hydrogens is 576 g/mol. The number of alkyl halides is 3. The predicted molar refractivity (Wildman–Crippen MR) is 150 cm³/mol. The summed E-state index contributed by atoms with van der Waals surface area (Å²) < 4.78 is 52.4. The van der Waals surface area contributed by atoms with Crippen molar-refractivity contribution < 1.29 is 22.6 Å². The van der Waals surface area contributed by atoms with Gasteiger partial charge in [-0.1, -0.05) is 59.7 Å². The quantitative estimate of drug-likeness (QED) is 0.248. The molecule has 0 amide bonds. The molecule has 0 aliphatic rings. The van der Waals surface area contributed by atoms with E-state index in [-0.39, 0.29) is 17.8 Å². The molecule has 0 aliphatic heterocycles. The molecule has 0 fully saturated rings. The first-order valence-corrected chi connectivity index (χ1v) is 13.2. The van der Waals surface area contributed by atoms with Crippen molar-refractivity contribution in [3.63, 3.8) is 0 Å². The third-order valence-corrected chi connectivity index (χ3v) is 7.58. The summed E-state index contributed by atoms with van der Waals surface area (Å²) in [5.41, 5.74) is 6.57. The number of hydrogen-bond donors (Lipinski definition) is 0. The summed E-state index contributed by atoms with van der Waals surface area (Å²) >= 11 is 2.31. The molecule has 3 rings (SSSR count). The molecule has 0 saturated heterocycles.